The molecule has 5 heterocycles. The van der Waals surface area contributed by atoms with Crippen molar-refractivity contribution in [3.05, 3.63) is 47.9 Å². The Morgan fingerprint density at radius 1 is 1.17 bits per heavy atom. The van der Waals surface area contributed by atoms with E-state index in [4.69, 9.17) is 0 Å². The molecule has 6 nitrogen and oxygen atoms in total. The number of rotatable bonds is 3. The second-order valence-corrected chi connectivity index (χ2v) is 5.92. The van der Waals surface area contributed by atoms with Crippen LogP contribution in [0, 0.1) is 17.1 Å². The molecule has 0 aromatic carbocycles. The molecule has 3 fully saturated rings. The zero-order chi connectivity index (χ0) is 15.8. The number of pyridine rings is 1. The quantitative estimate of drug-likeness (QED) is 0.852. The lowest BCUT2D eigenvalue weighted by molar-refractivity contribution is 0.105. The van der Waals surface area contributed by atoms with Gasteiger partial charge in [0.2, 0.25) is 0 Å². The maximum Gasteiger partial charge on any atom is 0.183 e. The summed E-state index contributed by atoms with van der Waals surface area (Å²) >= 11 is 0. The molecule has 5 rings (SSSR count). The monoisotopic (exact) mass is 310 g/mol. The Balaban J connectivity index is 1.49. The fraction of sp³-hybridized carbons (Fsp3) is 0.375. The van der Waals surface area contributed by atoms with Crippen molar-refractivity contribution in [2.24, 2.45) is 0 Å². The number of aromatic nitrogens is 3. The van der Waals surface area contributed by atoms with Gasteiger partial charge in [-0.25, -0.2) is 14.4 Å². The van der Waals surface area contributed by atoms with Crippen LogP contribution >= 0.6 is 0 Å². The first kappa shape index (κ1) is 14.0. The second kappa shape index (κ2) is 5.56. The summed E-state index contributed by atoms with van der Waals surface area (Å²) in [6.45, 7) is 2.14. The Hall–Kier alpha value is -2.59. The van der Waals surface area contributed by atoms with E-state index in [9.17, 15) is 9.65 Å². The van der Waals surface area contributed by atoms with Gasteiger partial charge < -0.3 is 4.90 Å². The van der Waals surface area contributed by atoms with Crippen molar-refractivity contribution < 1.29 is 4.39 Å². The highest BCUT2D eigenvalue weighted by Crippen LogP contribution is 2.37. The zero-order valence-electron chi connectivity index (χ0n) is 12.4. The van der Waals surface area contributed by atoms with E-state index in [2.05, 4.69) is 30.8 Å². The van der Waals surface area contributed by atoms with Gasteiger partial charge >= 0.3 is 0 Å². The summed E-state index contributed by atoms with van der Waals surface area (Å²) in [5.41, 5.74) is 0.851. The molecule has 2 aromatic rings. The highest BCUT2D eigenvalue weighted by Gasteiger charge is 2.46. The predicted octanol–water partition coefficient (Wildman–Crippen LogP) is 1.35. The fourth-order valence-electron chi connectivity index (χ4n) is 3.52. The highest BCUT2D eigenvalue weighted by atomic mass is 19.1. The standard InChI is InChI=1S/C16H15FN6/c17-13-2-1-3-19-15(13)10-22-8-11-6-12(9-22)23(11)16-14(7-18)20-4-5-21-16/h1-5,11-12H,6,8-10H2. The summed E-state index contributed by atoms with van der Waals surface area (Å²) in [6.07, 6.45) is 5.84. The van der Waals surface area contributed by atoms with Crippen LogP contribution in [0.2, 0.25) is 0 Å². The molecular formula is C16H15FN6. The minimum absolute atomic E-state index is 0.260. The first-order chi connectivity index (χ1) is 11.3. The number of fused-ring (bicyclic) bond motifs is 2. The summed E-state index contributed by atoms with van der Waals surface area (Å²) in [7, 11) is 0. The number of hydrogen-bond acceptors (Lipinski definition) is 6. The number of nitrogens with zero attached hydrogens (tertiary/aromatic N) is 6. The maximum atomic E-state index is 13.7. The van der Waals surface area contributed by atoms with Crippen molar-refractivity contribution in [1.82, 2.24) is 19.9 Å². The van der Waals surface area contributed by atoms with Crippen LogP contribution in [-0.2, 0) is 6.54 Å². The minimum atomic E-state index is -0.260. The molecule has 3 saturated heterocycles. The Kier molecular flexibility index (Phi) is 3.39. The van der Waals surface area contributed by atoms with Gasteiger partial charge in [-0.2, -0.15) is 5.26 Å². The van der Waals surface area contributed by atoms with Gasteiger partial charge in [0.15, 0.2) is 11.5 Å². The largest absolute Gasteiger partial charge is 0.345 e. The minimum Gasteiger partial charge on any atom is -0.345 e. The number of piperidine rings is 1. The first-order valence-corrected chi connectivity index (χ1v) is 7.57. The van der Waals surface area contributed by atoms with Crippen LogP contribution in [0.15, 0.2) is 30.7 Å². The molecule has 0 radical (unpaired) electrons. The third-order valence-electron chi connectivity index (χ3n) is 4.51. The molecule has 2 bridgehead atoms. The van der Waals surface area contributed by atoms with Gasteiger partial charge in [-0.05, 0) is 18.6 Å². The van der Waals surface area contributed by atoms with E-state index in [0.717, 1.165) is 19.5 Å². The molecule has 2 atom stereocenters. The third-order valence-corrected chi connectivity index (χ3v) is 4.51. The Morgan fingerprint density at radius 3 is 2.70 bits per heavy atom. The molecule has 3 aliphatic heterocycles. The first-order valence-electron chi connectivity index (χ1n) is 7.57. The molecule has 3 aliphatic rings. The summed E-state index contributed by atoms with van der Waals surface area (Å²) in [4.78, 5) is 16.9. The van der Waals surface area contributed by atoms with Crippen molar-refractivity contribution in [2.45, 2.75) is 25.0 Å². The third kappa shape index (κ3) is 2.41. The van der Waals surface area contributed by atoms with Gasteiger partial charge in [0.05, 0.1) is 5.69 Å². The van der Waals surface area contributed by atoms with E-state index in [1.165, 1.54) is 12.3 Å². The normalized spacial score (nSPS) is 23.2. The van der Waals surface area contributed by atoms with Gasteiger partial charge in [0, 0.05) is 50.3 Å². The van der Waals surface area contributed by atoms with Crippen LogP contribution in [-0.4, -0.2) is 45.0 Å². The van der Waals surface area contributed by atoms with Gasteiger partial charge in [0.25, 0.3) is 0 Å². The molecule has 0 saturated carbocycles. The molecule has 2 aromatic heterocycles. The number of halogens is 1. The van der Waals surface area contributed by atoms with Crippen LogP contribution in [0.25, 0.3) is 0 Å². The van der Waals surface area contributed by atoms with E-state index in [0.29, 0.717) is 35.8 Å². The average molecular weight is 310 g/mol. The molecule has 23 heavy (non-hydrogen) atoms. The smallest absolute Gasteiger partial charge is 0.183 e. The summed E-state index contributed by atoms with van der Waals surface area (Å²) in [5.74, 6) is 0.407. The lowest BCUT2D eigenvalue weighted by atomic mass is 9.87. The molecule has 0 N–H and O–H groups in total. The zero-order valence-corrected chi connectivity index (χ0v) is 12.4. The van der Waals surface area contributed by atoms with Crippen molar-refractivity contribution in [2.75, 3.05) is 18.0 Å². The fourth-order valence-corrected chi connectivity index (χ4v) is 3.52. The summed E-state index contributed by atoms with van der Waals surface area (Å²) in [5, 5.41) is 9.19. The number of nitriles is 1. The molecule has 2 unspecified atom stereocenters. The molecule has 0 spiro atoms. The van der Waals surface area contributed by atoms with Gasteiger partial charge in [-0.15, -0.1) is 0 Å². The van der Waals surface area contributed by atoms with Crippen molar-refractivity contribution in [1.29, 1.82) is 5.26 Å². The molecule has 116 valence electrons. The highest BCUT2D eigenvalue weighted by molar-refractivity contribution is 5.54. The molecule has 0 amide bonds. The SMILES string of the molecule is N#Cc1nccnc1N1C2CC1CN(Cc1ncccc1F)C2. The van der Waals surface area contributed by atoms with Gasteiger partial charge in [-0.3, -0.25) is 9.88 Å². The van der Waals surface area contributed by atoms with Gasteiger partial charge in [-0.1, -0.05) is 0 Å². The summed E-state index contributed by atoms with van der Waals surface area (Å²) in [6, 6.07) is 5.74. The number of hydrogen-bond donors (Lipinski definition) is 0. The number of piperazine rings is 1. The predicted molar refractivity (Wildman–Crippen MR) is 80.9 cm³/mol. The van der Waals surface area contributed by atoms with E-state index in [1.807, 2.05) is 0 Å². The maximum absolute atomic E-state index is 13.7. The lowest BCUT2D eigenvalue weighted by Gasteiger charge is -2.56. The Morgan fingerprint density at radius 2 is 1.96 bits per heavy atom. The molecule has 7 heteroatoms. The number of anilines is 1. The van der Waals surface area contributed by atoms with Crippen LogP contribution in [0.4, 0.5) is 10.2 Å². The molecule has 0 aliphatic carbocycles. The summed E-state index contributed by atoms with van der Waals surface area (Å²) < 4.78 is 13.7. The Labute approximate surface area is 133 Å². The topological polar surface area (TPSA) is 68.9 Å². The Bertz CT molecular complexity index is 761. The average Bonchev–Trinajstić information content (AvgIpc) is 2.57. The van der Waals surface area contributed by atoms with E-state index >= 15 is 0 Å². The van der Waals surface area contributed by atoms with Crippen LogP contribution in [0.1, 0.15) is 17.8 Å². The van der Waals surface area contributed by atoms with E-state index < -0.39 is 0 Å². The van der Waals surface area contributed by atoms with Crippen molar-refractivity contribution in [3.63, 3.8) is 0 Å². The van der Waals surface area contributed by atoms with E-state index in [1.54, 1.807) is 18.5 Å². The van der Waals surface area contributed by atoms with Crippen LogP contribution < -0.4 is 4.90 Å². The second-order valence-electron chi connectivity index (χ2n) is 5.92. The van der Waals surface area contributed by atoms with Gasteiger partial charge in [0.1, 0.15) is 11.9 Å². The lowest BCUT2D eigenvalue weighted by Crippen LogP contribution is -2.69. The van der Waals surface area contributed by atoms with Crippen LogP contribution in [0.5, 0.6) is 0 Å². The molecular weight excluding hydrogens is 295 g/mol. The van der Waals surface area contributed by atoms with Crippen molar-refractivity contribution in [3.8, 4) is 6.07 Å². The van der Waals surface area contributed by atoms with E-state index in [-0.39, 0.29) is 5.82 Å². The van der Waals surface area contributed by atoms with Crippen molar-refractivity contribution >= 4 is 5.82 Å². The van der Waals surface area contributed by atoms with Crippen LogP contribution in [0.3, 0.4) is 0 Å².